The van der Waals surface area contributed by atoms with Crippen molar-refractivity contribution in [2.45, 2.75) is 19.4 Å². The average Bonchev–Trinajstić information content (AvgIpc) is 2.30. The van der Waals surface area contributed by atoms with E-state index in [4.69, 9.17) is 16.7 Å². The molecule has 0 fully saturated rings. The maximum Gasteiger partial charge on any atom is 0.238 e. The van der Waals surface area contributed by atoms with Gasteiger partial charge in [0.2, 0.25) is 5.91 Å². The van der Waals surface area contributed by atoms with Crippen LogP contribution in [0.4, 0.5) is 10.1 Å². The van der Waals surface area contributed by atoms with E-state index in [9.17, 15) is 9.18 Å². The summed E-state index contributed by atoms with van der Waals surface area (Å²) >= 11 is 5.62. The molecule has 1 rings (SSSR count). The number of hydrogen-bond donors (Lipinski definition) is 2. The Hall–Kier alpha value is -1.17. The molecule has 1 aromatic rings. The third-order valence-corrected chi connectivity index (χ3v) is 2.78. The summed E-state index contributed by atoms with van der Waals surface area (Å²) in [6.45, 7) is 2.42. The predicted molar refractivity (Wildman–Crippen MR) is 73.8 cm³/mol. The second-order valence-corrected chi connectivity index (χ2v) is 4.98. The minimum atomic E-state index is -0.563. The summed E-state index contributed by atoms with van der Waals surface area (Å²) in [5.41, 5.74) is 0.110. The van der Waals surface area contributed by atoms with Crippen molar-refractivity contribution in [3.05, 3.63) is 29.0 Å². The molecule has 0 radical (unpaired) electrons. The smallest absolute Gasteiger partial charge is 0.238 e. The Labute approximate surface area is 117 Å². The molecule has 0 saturated carbocycles. The van der Waals surface area contributed by atoms with Crippen LogP contribution in [-0.2, 0) is 4.79 Å². The van der Waals surface area contributed by atoms with Crippen LogP contribution in [0.1, 0.15) is 13.3 Å². The quantitative estimate of drug-likeness (QED) is 0.843. The van der Waals surface area contributed by atoms with Gasteiger partial charge in [0.15, 0.2) is 0 Å². The highest BCUT2D eigenvalue weighted by molar-refractivity contribution is 6.30. The van der Waals surface area contributed by atoms with Crippen molar-refractivity contribution in [2.24, 2.45) is 0 Å². The molecular formula is C13H18ClFN2O2. The number of aliphatic hydroxyl groups is 1. The fourth-order valence-corrected chi connectivity index (χ4v) is 1.67. The van der Waals surface area contributed by atoms with Crippen LogP contribution in [-0.4, -0.2) is 42.2 Å². The van der Waals surface area contributed by atoms with Gasteiger partial charge < -0.3 is 10.4 Å². The van der Waals surface area contributed by atoms with Gasteiger partial charge in [0.05, 0.1) is 18.3 Å². The Kier molecular flexibility index (Phi) is 6.21. The van der Waals surface area contributed by atoms with E-state index in [1.165, 1.54) is 12.1 Å². The Morgan fingerprint density at radius 2 is 2.26 bits per heavy atom. The number of carbonyl (C=O) groups excluding carboxylic acids is 1. The Balaban J connectivity index is 2.46. The van der Waals surface area contributed by atoms with E-state index in [1.54, 1.807) is 18.9 Å². The molecule has 1 atom stereocenters. The van der Waals surface area contributed by atoms with E-state index in [0.29, 0.717) is 13.0 Å². The van der Waals surface area contributed by atoms with Crippen LogP contribution in [0.25, 0.3) is 0 Å². The molecule has 1 unspecified atom stereocenters. The van der Waals surface area contributed by atoms with E-state index in [0.717, 1.165) is 6.07 Å². The van der Waals surface area contributed by atoms with Crippen LogP contribution in [0.2, 0.25) is 5.02 Å². The summed E-state index contributed by atoms with van der Waals surface area (Å²) in [6, 6.07) is 4.08. The van der Waals surface area contributed by atoms with Crippen molar-refractivity contribution in [1.82, 2.24) is 4.90 Å². The lowest BCUT2D eigenvalue weighted by Crippen LogP contribution is -2.32. The van der Waals surface area contributed by atoms with Gasteiger partial charge in [0.1, 0.15) is 5.82 Å². The Morgan fingerprint density at radius 1 is 1.58 bits per heavy atom. The number of likely N-dealkylation sites (N-methyl/N-ethyl adjacent to an activating group) is 1. The Bertz CT molecular complexity index is 441. The molecule has 0 aliphatic carbocycles. The zero-order valence-electron chi connectivity index (χ0n) is 11.0. The third kappa shape index (κ3) is 6.00. The maximum absolute atomic E-state index is 13.5. The molecule has 1 aromatic carbocycles. The first-order valence-electron chi connectivity index (χ1n) is 6.00. The fourth-order valence-electron chi connectivity index (χ4n) is 1.51. The van der Waals surface area contributed by atoms with E-state index >= 15 is 0 Å². The van der Waals surface area contributed by atoms with E-state index in [2.05, 4.69) is 5.32 Å². The number of hydrogen-bond acceptors (Lipinski definition) is 3. The van der Waals surface area contributed by atoms with E-state index < -0.39 is 11.9 Å². The van der Waals surface area contributed by atoms with Gasteiger partial charge >= 0.3 is 0 Å². The summed E-state index contributed by atoms with van der Waals surface area (Å²) in [5, 5.41) is 11.9. The molecule has 0 aliphatic rings. The summed E-state index contributed by atoms with van der Waals surface area (Å²) in [6.07, 6.45) is 0.179. The molecule has 0 bridgehead atoms. The molecule has 0 spiro atoms. The number of nitrogens with zero attached hydrogens (tertiary/aromatic N) is 1. The van der Waals surface area contributed by atoms with Gasteiger partial charge in [-0.3, -0.25) is 9.69 Å². The minimum absolute atomic E-state index is 0.110. The lowest BCUT2D eigenvalue weighted by Gasteiger charge is -2.17. The molecule has 0 heterocycles. The summed E-state index contributed by atoms with van der Waals surface area (Å²) in [4.78, 5) is 13.4. The average molecular weight is 289 g/mol. The van der Waals surface area contributed by atoms with Crippen LogP contribution in [0.3, 0.4) is 0 Å². The highest BCUT2D eigenvalue weighted by atomic mass is 35.5. The second kappa shape index (κ2) is 7.43. The number of nitrogens with one attached hydrogen (secondary N) is 1. The molecule has 19 heavy (non-hydrogen) atoms. The molecule has 1 amide bonds. The summed E-state index contributed by atoms with van der Waals surface area (Å²) in [5.74, 6) is -0.873. The molecule has 106 valence electrons. The largest absolute Gasteiger partial charge is 0.393 e. The lowest BCUT2D eigenvalue weighted by molar-refractivity contribution is -0.117. The lowest BCUT2D eigenvalue weighted by atomic mass is 10.2. The molecule has 0 saturated heterocycles. The van der Waals surface area contributed by atoms with Crippen molar-refractivity contribution < 1.29 is 14.3 Å². The number of anilines is 1. The van der Waals surface area contributed by atoms with Crippen molar-refractivity contribution in [1.29, 1.82) is 0 Å². The SMILES string of the molecule is CC(O)CCN(C)CC(=O)Nc1ccc(Cl)cc1F. The summed E-state index contributed by atoms with van der Waals surface area (Å²) < 4.78 is 13.5. The molecule has 0 aliphatic heterocycles. The highest BCUT2D eigenvalue weighted by Crippen LogP contribution is 2.18. The number of halogens is 2. The standard InChI is InChI=1S/C13H18ClFN2O2/c1-9(18)5-6-17(2)8-13(19)16-12-4-3-10(14)7-11(12)15/h3-4,7,9,18H,5-6,8H2,1-2H3,(H,16,19). The highest BCUT2D eigenvalue weighted by Gasteiger charge is 2.10. The van der Waals surface area contributed by atoms with Crippen LogP contribution in [0.15, 0.2) is 18.2 Å². The van der Waals surface area contributed by atoms with Crippen LogP contribution >= 0.6 is 11.6 Å². The summed E-state index contributed by atoms with van der Waals surface area (Å²) in [7, 11) is 1.76. The molecule has 0 aromatic heterocycles. The monoisotopic (exact) mass is 288 g/mol. The Morgan fingerprint density at radius 3 is 2.84 bits per heavy atom. The fraction of sp³-hybridized carbons (Fsp3) is 0.462. The first-order valence-corrected chi connectivity index (χ1v) is 6.38. The normalized spacial score (nSPS) is 12.5. The van der Waals surface area contributed by atoms with Gasteiger partial charge in [-0.15, -0.1) is 0 Å². The minimum Gasteiger partial charge on any atom is -0.393 e. The van der Waals surface area contributed by atoms with Crippen LogP contribution in [0.5, 0.6) is 0 Å². The predicted octanol–water partition coefficient (Wildman–Crippen LogP) is 2.12. The maximum atomic E-state index is 13.5. The van der Waals surface area contributed by atoms with Crippen molar-refractivity contribution in [2.75, 3.05) is 25.5 Å². The molecule has 6 heteroatoms. The van der Waals surface area contributed by atoms with E-state index in [1.807, 2.05) is 0 Å². The van der Waals surface area contributed by atoms with Gasteiger partial charge in [-0.25, -0.2) is 4.39 Å². The van der Waals surface area contributed by atoms with Gasteiger partial charge in [0, 0.05) is 11.6 Å². The number of benzene rings is 1. The number of aliphatic hydroxyl groups excluding tert-OH is 1. The first-order chi connectivity index (χ1) is 8.88. The van der Waals surface area contributed by atoms with Crippen molar-refractivity contribution >= 4 is 23.2 Å². The van der Waals surface area contributed by atoms with Gasteiger partial charge in [-0.05, 0) is 38.6 Å². The zero-order valence-corrected chi connectivity index (χ0v) is 11.7. The number of rotatable bonds is 6. The van der Waals surface area contributed by atoms with Crippen molar-refractivity contribution in [3.8, 4) is 0 Å². The third-order valence-electron chi connectivity index (χ3n) is 2.55. The van der Waals surface area contributed by atoms with E-state index in [-0.39, 0.29) is 23.2 Å². The van der Waals surface area contributed by atoms with Gasteiger partial charge in [-0.2, -0.15) is 0 Å². The van der Waals surface area contributed by atoms with Crippen molar-refractivity contribution in [3.63, 3.8) is 0 Å². The van der Waals surface area contributed by atoms with Crippen LogP contribution < -0.4 is 5.32 Å². The molecule has 4 nitrogen and oxygen atoms in total. The first kappa shape index (κ1) is 15.9. The van der Waals surface area contributed by atoms with Gasteiger partial charge in [-0.1, -0.05) is 11.6 Å². The van der Waals surface area contributed by atoms with Crippen LogP contribution in [0, 0.1) is 5.82 Å². The topological polar surface area (TPSA) is 52.6 Å². The molecular weight excluding hydrogens is 271 g/mol. The number of carbonyl (C=O) groups is 1. The zero-order chi connectivity index (χ0) is 14.4. The van der Waals surface area contributed by atoms with Gasteiger partial charge in [0.25, 0.3) is 0 Å². The number of amides is 1. The molecule has 2 N–H and O–H groups in total. The second-order valence-electron chi connectivity index (χ2n) is 4.55.